The molecule has 1 fully saturated rings. The van der Waals surface area contributed by atoms with Crippen LogP contribution >= 0.6 is 0 Å². The number of ether oxygens (including phenoxy) is 3. The number of hydrogen-bond donors (Lipinski definition) is 1. The molecule has 2 aliphatic heterocycles. The van der Waals surface area contributed by atoms with Crippen molar-refractivity contribution in [2.75, 3.05) is 39.6 Å². The molecule has 1 amide bonds. The van der Waals surface area contributed by atoms with Crippen LogP contribution in [-0.4, -0.2) is 50.4 Å². The Balaban J connectivity index is 1.18. The van der Waals surface area contributed by atoms with E-state index in [2.05, 4.69) is 45.0 Å². The van der Waals surface area contributed by atoms with E-state index in [9.17, 15) is 4.79 Å². The Kier molecular flexibility index (Phi) is 6.37. The molecule has 1 saturated heterocycles. The topological polar surface area (TPSA) is 52.4 Å². The highest BCUT2D eigenvalue weighted by atomic mass is 16.7. The zero-order valence-corrected chi connectivity index (χ0v) is 18.8. The Labute approximate surface area is 184 Å². The number of carbonyl (C=O) groups excluding carboxylic acids is 1. The normalized spacial score (nSPS) is 16.4. The average molecular weight is 426 g/mol. The lowest BCUT2D eigenvalue weighted by Crippen LogP contribution is -3.13. The number of hydrogen-bond acceptors (Lipinski definition) is 4. The number of nitrogens with one attached hydrogen (secondary N) is 1. The van der Waals surface area contributed by atoms with Crippen LogP contribution in [0.4, 0.5) is 0 Å². The van der Waals surface area contributed by atoms with E-state index in [0.29, 0.717) is 19.8 Å². The van der Waals surface area contributed by atoms with Gasteiger partial charge in [-0.15, -0.1) is 0 Å². The Morgan fingerprint density at radius 1 is 1.03 bits per heavy atom. The number of nitrogens with zero attached hydrogens (tertiary/aromatic N) is 1. The van der Waals surface area contributed by atoms with E-state index in [1.807, 2.05) is 23.1 Å². The Bertz CT molecular complexity index is 897. The summed E-state index contributed by atoms with van der Waals surface area (Å²) in [4.78, 5) is 16.0. The van der Waals surface area contributed by atoms with Crippen molar-refractivity contribution >= 4 is 5.91 Å². The molecule has 2 heterocycles. The second-order valence-electron chi connectivity index (χ2n) is 9.37. The largest absolute Gasteiger partial charge is 0.493 e. The number of benzene rings is 2. The van der Waals surface area contributed by atoms with Crippen LogP contribution in [0.5, 0.6) is 17.2 Å². The summed E-state index contributed by atoms with van der Waals surface area (Å²) in [6, 6.07) is 14.3. The first-order chi connectivity index (χ1) is 14.9. The van der Waals surface area contributed by atoms with Gasteiger partial charge >= 0.3 is 0 Å². The van der Waals surface area contributed by atoms with Gasteiger partial charge < -0.3 is 24.0 Å². The van der Waals surface area contributed by atoms with Crippen molar-refractivity contribution in [1.82, 2.24) is 4.90 Å². The Morgan fingerprint density at radius 3 is 2.45 bits per heavy atom. The van der Waals surface area contributed by atoms with E-state index in [0.717, 1.165) is 50.0 Å². The third-order valence-corrected chi connectivity index (χ3v) is 6.02. The van der Waals surface area contributed by atoms with Crippen molar-refractivity contribution < 1.29 is 23.9 Å². The minimum Gasteiger partial charge on any atom is -0.493 e. The summed E-state index contributed by atoms with van der Waals surface area (Å²) in [5.74, 6) is 2.65. The van der Waals surface area contributed by atoms with E-state index in [1.165, 1.54) is 16.0 Å². The lowest BCUT2D eigenvalue weighted by atomic mass is 9.87. The molecule has 31 heavy (non-hydrogen) atoms. The highest BCUT2D eigenvalue weighted by Gasteiger charge is 2.24. The van der Waals surface area contributed by atoms with Gasteiger partial charge in [0.15, 0.2) is 11.5 Å². The number of amides is 1. The fourth-order valence-corrected chi connectivity index (χ4v) is 4.05. The summed E-state index contributed by atoms with van der Waals surface area (Å²) >= 11 is 0. The maximum Gasteiger partial charge on any atom is 0.231 e. The number of rotatable bonds is 6. The SMILES string of the molecule is CC(C)(C)c1ccc(OCCC(=O)N2CC[NH+](Cc3ccc4c(c3)OCO4)CC2)cc1. The van der Waals surface area contributed by atoms with Gasteiger partial charge in [0.05, 0.1) is 39.2 Å². The molecule has 0 aliphatic carbocycles. The van der Waals surface area contributed by atoms with Gasteiger partial charge in [0, 0.05) is 5.56 Å². The molecule has 6 nitrogen and oxygen atoms in total. The highest BCUT2D eigenvalue weighted by Crippen LogP contribution is 2.32. The first kappa shape index (κ1) is 21.5. The lowest BCUT2D eigenvalue weighted by molar-refractivity contribution is -0.917. The number of quaternary nitrogens is 1. The Morgan fingerprint density at radius 2 is 1.74 bits per heavy atom. The van der Waals surface area contributed by atoms with Crippen LogP contribution < -0.4 is 19.1 Å². The number of fused-ring (bicyclic) bond motifs is 1. The molecule has 2 aromatic carbocycles. The van der Waals surface area contributed by atoms with Gasteiger partial charge in [0.25, 0.3) is 0 Å². The first-order valence-corrected chi connectivity index (χ1v) is 11.1. The van der Waals surface area contributed by atoms with Crippen molar-refractivity contribution in [3.05, 3.63) is 53.6 Å². The van der Waals surface area contributed by atoms with E-state index >= 15 is 0 Å². The summed E-state index contributed by atoms with van der Waals surface area (Å²) < 4.78 is 16.6. The van der Waals surface area contributed by atoms with Crippen LogP contribution in [0.25, 0.3) is 0 Å². The monoisotopic (exact) mass is 425 g/mol. The minimum absolute atomic E-state index is 0.126. The molecule has 0 atom stereocenters. The Hall–Kier alpha value is -2.73. The van der Waals surface area contributed by atoms with E-state index in [-0.39, 0.29) is 11.3 Å². The van der Waals surface area contributed by atoms with Crippen molar-refractivity contribution in [2.24, 2.45) is 0 Å². The average Bonchev–Trinajstić information content (AvgIpc) is 3.22. The van der Waals surface area contributed by atoms with Gasteiger partial charge in [-0.2, -0.15) is 0 Å². The summed E-state index contributed by atoms with van der Waals surface area (Å²) in [6.07, 6.45) is 0.415. The molecule has 0 spiro atoms. The fraction of sp³-hybridized carbons (Fsp3) is 0.480. The van der Waals surface area contributed by atoms with Gasteiger partial charge in [0.2, 0.25) is 12.7 Å². The van der Waals surface area contributed by atoms with Crippen molar-refractivity contribution in [1.29, 1.82) is 0 Å². The molecule has 2 aromatic rings. The summed E-state index contributed by atoms with van der Waals surface area (Å²) in [7, 11) is 0. The molecule has 2 aliphatic rings. The van der Waals surface area contributed by atoms with Gasteiger partial charge in [-0.1, -0.05) is 32.9 Å². The number of carbonyl (C=O) groups is 1. The standard InChI is InChI=1S/C25H32N2O4/c1-25(2,3)20-5-7-21(8-6-20)29-15-10-24(28)27-13-11-26(12-14-27)17-19-4-9-22-23(16-19)31-18-30-22/h4-9,16H,10-15,17-18H2,1-3H3/p+1. The van der Waals surface area contributed by atoms with Crippen LogP contribution in [0.1, 0.15) is 38.3 Å². The zero-order chi connectivity index (χ0) is 21.8. The van der Waals surface area contributed by atoms with Crippen molar-refractivity contribution in [3.63, 3.8) is 0 Å². The molecule has 4 rings (SSSR count). The molecule has 0 aromatic heterocycles. The first-order valence-electron chi connectivity index (χ1n) is 11.1. The molecule has 166 valence electrons. The number of piperazine rings is 1. The smallest absolute Gasteiger partial charge is 0.231 e. The maximum absolute atomic E-state index is 12.6. The second-order valence-corrected chi connectivity index (χ2v) is 9.37. The molecular weight excluding hydrogens is 392 g/mol. The van der Waals surface area contributed by atoms with Crippen LogP contribution in [0.15, 0.2) is 42.5 Å². The van der Waals surface area contributed by atoms with E-state index in [4.69, 9.17) is 14.2 Å². The lowest BCUT2D eigenvalue weighted by Gasteiger charge is -2.32. The molecular formula is C25H33N2O4+. The van der Waals surface area contributed by atoms with Gasteiger partial charge in [-0.05, 0) is 41.3 Å². The van der Waals surface area contributed by atoms with Gasteiger partial charge in [-0.3, -0.25) is 4.79 Å². The predicted molar refractivity (Wildman–Crippen MR) is 119 cm³/mol. The predicted octanol–water partition coefficient (Wildman–Crippen LogP) is 2.41. The molecule has 0 bridgehead atoms. The van der Waals surface area contributed by atoms with Crippen LogP contribution in [0, 0.1) is 0 Å². The summed E-state index contributed by atoms with van der Waals surface area (Å²) in [5, 5.41) is 0. The fourth-order valence-electron chi connectivity index (χ4n) is 4.05. The zero-order valence-electron chi connectivity index (χ0n) is 18.8. The van der Waals surface area contributed by atoms with E-state index < -0.39 is 0 Å². The minimum atomic E-state index is 0.126. The second kappa shape index (κ2) is 9.18. The summed E-state index contributed by atoms with van der Waals surface area (Å²) in [5.41, 5.74) is 2.64. The van der Waals surface area contributed by atoms with Crippen molar-refractivity contribution in [3.8, 4) is 17.2 Å². The van der Waals surface area contributed by atoms with Crippen LogP contribution in [-0.2, 0) is 16.8 Å². The van der Waals surface area contributed by atoms with Crippen molar-refractivity contribution in [2.45, 2.75) is 39.2 Å². The van der Waals surface area contributed by atoms with Crippen LogP contribution in [0.2, 0.25) is 0 Å². The quantitative estimate of drug-likeness (QED) is 0.772. The van der Waals surface area contributed by atoms with E-state index in [1.54, 1.807) is 0 Å². The van der Waals surface area contributed by atoms with Gasteiger partial charge in [0.1, 0.15) is 12.3 Å². The molecule has 1 N–H and O–H groups in total. The van der Waals surface area contributed by atoms with Crippen LogP contribution in [0.3, 0.4) is 0 Å². The molecule has 6 heteroatoms. The molecule has 0 radical (unpaired) electrons. The molecule has 0 saturated carbocycles. The molecule has 0 unspecified atom stereocenters. The highest BCUT2D eigenvalue weighted by molar-refractivity contribution is 5.76. The van der Waals surface area contributed by atoms with Gasteiger partial charge in [-0.25, -0.2) is 0 Å². The maximum atomic E-state index is 12.6. The third kappa shape index (κ3) is 5.50. The third-order valence-electron chi connectivity index (χ3n) is 6.02. The summed E-state index contributed by atoms with van der Waals surface area (Å²) in [6.45, 7) is 11.7.